The van der Waals surface area contributed by atoms with Crippen molar-refractivity contribution in [1.29, 1.82) is 0 Å². The van der Waals surface area contributed by atoms with Crippen LogP contribution in [-0.4, -0.2) is 39.3 Å². The van der Waals surface area contributed by atoms with Gasteiger partial charge in [-0.15, -0.1) is 0 Å². The van der Waals surface area contributed by atoms with E-state index < -0.39 is 34.2 Å². The number of hydrogen-bond acceptors (Lipinski definition) is 6. The molecule has 0 saturated carbocycles. The summed E-state index contributed by atoms with van der Waals surface area (Å²) in [5, 5.41) is 4.14. The predicted octanol–water partition coefficient (Wildman–Crippen LogP) is 7.28. The van der Waals surface area contributed by atoms with Gasteiger partial charge in [-0.2, -0.15) is 29.9 Å². The maximum Gasteiger partial charge on any atom is 0.416 e. The quantitative estimate of drug-likeness (QED) is 0.185. The van der Waals surface area contributed by atoms with Crippen LogP contribution in [0.2, 0.25) is 0 Å². The molecule has 5 aromatic rings. The summed E-state index contributed by atoms with van der Waals surface area (Å²) in [5.41, 5.74) is -0.0627. The molecule has 6 rings (SSSR count). The van der Waals surface area contributed by atoms with E-state index in [1.165, 1.54) is 36.5 Å². The predicted molar refractivity (Wildman–Crippen MR) is 160 cm³/mol. The van der Waals surface area contributed by atoms with Crippen LogP contribution in [0.5, 0.6) is 0 Å². The van der Waals surface area contributed by atoms with E-state index in [0.717, 1.165) is 23.6 Å². The van der Waals surface area contributed by atoms with E-state index in [1.807, 2.05) is 18.7 Å². The van der Waals surface area contributed by atoms with Gasteiger partial charge in [0.1, 0.15) is 11.6 Å². The lowest BCUT2D eigenvalue weighted by molar-refractivity contribution is -0.137. The molecule has 1 saturated heterocycles. The Hall–Kier alpha value is -4.19. The highest BCUT2D eigenvalue weighted by molar-refractivity contribution is 7.99. The van der Waals surface area contributed by atoms with Gasteiger partial charge in [-0.1, -0.05) is 29.4 Å². The van der Waals surface area contributed by atoms with E-state index in [1.54, 1.807) is 34.5 Å². The normalized spacial score (nSPS) is 14.4. The van der Waals surface area contributed by atoms with Gasteiger partial charge in [-0.25, -0.2) is 8.78 Å². The van der Waals surface area contributed by atoms with Crippen LogP contribution in [0.4, 0.5) is 27.6 Å². The van der Waals surface area contributed by atoms with Crippen molar-refractivity contribution in [2.75, 3.05) is 29.5 Å². The highest BCUT2D eigenvalue weighted by Gasteiger charge is 2.32. The van der Waals surface area contributed by atoms with E-state index >= 15 is 4.39 Å². The molecular formula is C32H27F5N4O2S. The molecule has 0 bridgehead atoms. The summed E-state index contributed by atoms with van der Waals surface area (Å²) in [4.78, 5) is 20.2. The molecule has 1 aliphatic heterocycles. The topological polar surface area (TPSA) is 64.2 Å². The van der Waals surface area contributed by atoms with Crippen LogP contribution >= 0.6 is 11.8 Å². The first-order valence-corrected chi connectivity index (χ1v) is 15.0. The minimum atomic E-state index is -4.48. The summed E-state index contributed by atoms with van der Waals surface area (Å²) < 4.78 is 75.9. The summed E-state index contributed by atoms with van der Waals surface area (Å²) >= 11 is 1.78. The van der Waals surface area contributed by atoms with Gasteiger partial charge < -0.3 is 14.0 Å². The smallest absolute Gasteiger partial charge is 0.367 e. The van der Waals surface area contributed by atoms with Crippen molar-refractivity contribution in [3.8, 4) is 11.4 Å². The van der Waals surface area contributed by atoms with Crippen LogP contribution in [0, 0.1) is 11.6 Å². The summed E-state index contributed by atoms with van der Waals surface area (Å²) in [7, 11) is 0. The minimum absolute atomic E-state index is 0.0270. The van der Waals surface area contributed by atoms with Gasteiger partial charge in [0.15, 0.2) is 0 Å². The molecule has 6 nitrogen and oxygen atoms in total. The second-order valence-electron chi connectivity index (χ2n) is 11.2. The van der Waals surface area contributed by atoms with Gasteiger partial charge in [0.05, 0.1) is 27.7 Å². The van der Waals surface area contributed by atoms with Gasteiger partial charge in [0, 0.05) is 42.7 Å². The fraction of sp³-hybridized carbons (Fsp3) is 0.281. The molecule has 0 radical (unpaired) electrons. The van der Waals surface area contributed by atoms with Crippen LogP contribution in [0.25, 0.3) is 22.3 Å². The van der Waals surface area contributed by atoms with E-state index in [0.29, 0.717) is 35.4 Å². The Bertz CT molecular complexity index is 1880. The fourth-order valence-corrected chi connectivity index (χ4v) is 6.21. The molecule has 0 aliphatic carbocycles. The molecule has 1 fully saturated rings. The molecule has 1 aliphatic rings. The third-order valence-corrected chi connectivity index (χ3v) is 8.84. The number of hydrogen-bond donors (Lipinski definition) is 0. The van der Waals surface area contributed by atoms with Crippen molar-refractivity contribution in [3.05, 3.63) is 111 Å². The molecule has 0 unspecified atom stereocenters. The zero-order valence-corrected chi connectivity index (χ0v) is 24.6. The lowest BCUT2D eigenvalue weighted by Crippen LogP contribution is -2.33. The third-order valence-electron chi connectivity index (χ3n) is 7.90. The number of anilines is 1. The Morgan fingerprint density at radius 1 is 0.932 bits per heavy atom. The number of fused-ring (bicyclic) bond motifs is 1. The molecule has 0 atom stereocenters. The van der Waals surface area contributed by atoms with Crippen LogP contribution in [-0.2, 0) is 18.1 Å². The van der Waals surface area contributed by atoms with Crippen molar-refractivity contribution in [2.45, 2.75) is 32.0 Å². The number of benzene rings is 3. The lowest BCUT2D eigenvalue weighted by Gasteiger charge is -2.29. The van der Waals surface area contributed by atoms with Gasteiger partial charge in [0.25, 0.3) is 0 Å². The van der Waals surface area contributed by atoms with Crippen molar-refractivity contribution >= 4 is 28.4 Å². The Morgan fingerprint density at radius 2 is 1.59 bits per heavy atom. The number of alkyl halides is 3. The molecule has 3 heterocycles. The SMILES string of the molecule is CC(C)(c1ccc(F)cc1)c1nc(-c2cn(Cc3ccc(C(F)(F)F)cc3)c3cc(N4CCSCC4)c(F)cc3c2=O)no1. The molecular weight excluding hydrogens is 599 g/mol. The van der Waals surface area contributed by atoms with Crippen molar-refractivity contribution in [2.24, 2.45) is 0 Å². The van der Waals surface area contributed by atoms with Gasteiger partial charge in [0.2, 0.25) is 17.1 Å². The number of pyridine rings is 1. The first kappa shape index (κ1) is 29.9. The van der Waals surface area contributed by atoms with Gasteiger partial charge in [-0.3, -0.25) is 4.79 Å². The van der Waals surface area contributed by atoms with Crippen molar-refractivity contribution in [1.82, 2.24) is 14.7 Å². The molecule has 0 N–H and O–H groups in total. The second kappa shape index (κ2) is 11.4. The minimum Gasteiger partial charge on any atom is -0.367 e. The summed E-state index contributed by atoms with van der Waals surface area (Å²) in [6, 6.07) is 13.4. The zero-order chi connectivity index (χ0) is 31.2. The zero-order valence-electron chi connectivity index (χ0n) is 23.8. The summed E-state index contributed by atoms with van der Waals surface area (Å²) in [5.74, 6) is 0.881. The first-order chi connectivity index (χ1) is 20.9. The molecule has 0 spiro atoms. The third kappa shape index (κ3) is 5.70. The highest BCUT2D eigenvalue weighted by atomic mass is 32.2. The molecule has 2 aromatic heterocycles. The van der Waals surface area contributed by atoms with Crippen LogP contribution in [0.1, 0.15) is 36.4 Å². The van der Waals surface area contributed by atoms with E-state index in [9.17, 15) is 22.4 Å². The van der Waals surface area contributed by atoms with E-state index in [2.05, 4.69) is 10.1 Å². The molecule has 3 aromatic carbocycles. The monoisotopic (exact) mass is 626 g/mol. The van der Waals surface area contributed by atoms with Crippen molar-refractivity contribution in [3.63, 3.8) is 0 Å². The lowest BCUT2D eigenvalue weighted by atomic mass is 9.84. The number of halogens is 5. The van der Waals surface area contributed by atoms with Crippen LogP contribution in [0.3, 0.4) is 0 Å². The van der Waals surface area contributed by atoms with Crippen LogP contribution in [0.15, 0.2) is 76.2 Å². The first-order valence-electron chi connectivity index (χ1n) is 13.9. The molecule has 0 amide bonds. The van der Waals surface area contributed by atoms with Crippen molar-refractivity contribution < 1.29 is 26.5 Å². The largest absolute Gasteiger partial charge is 0.416 e. The maximum atomic E-state index is 15.5. The number of nitrogens with zero attached hydrogens (tertiary/aromatic N) is 4. The van der Waals surface area contributed by atoms with Crippen LogP contribution < -0.4 is 10.3 Å². The maximum absolute atomic E-state index is 15.5. The Morgan fingerprint density at radius 3 is 2.25 bits per heavy atom. The number of aromatic nitrogens is 3. The summed E-state index contributed by atoms with van der Waals surface area (Å²) in [6.07, 6.45) is -2.96. The molecule has 12 heteroatoms. The highest BCUT2D eigenvalue weighted by Crippen LogP contribution is 2.33. The standard InChI is InChI=1S/C32H27F5N4O2S/c1-31(2,20-7-9-22(33)10-8-20)30-38-29(39-43-30)24-18-41(17-19-3-5-21(6-4-19)32(35,36)37)26-16-27(40-11-13-44-14-12-40)25(34)15-23(26)28(24)42/h3-10,15-16,18H,11-14,17H2,1-2H3. The summed E-state index contributed by atoms with van der Waals surface area (Å²) in [6.45, 7) is 5.01. The number of rotatable bonds is 6. The average Bonchev–Trinajstić information content (AvgIpc) is 3.50. The second-order valence-corrected chi connectivity index (χ2v) is 12.4. The fourth-order valence-electron chi connectivity index (χ4n) is 5.31. The Balaban J connectivity index is 1.47. The van der Waals surface area contributed by atoms with E-state index in [4.69, 9.17) is 4.52 Å². The van der Waals surface area contributed by atoms with E-state index in [-0.39, 0.29) is 29.2 Å². The van der Waals surface area contributed by atoms with Gasteiger partial charge >= 0.3 is 6.18 Å². The Labute approximate surface area is 253 Å². The van der Waals surface area contributed by atoms with Gasteiger partial charge in [-0.05, 0) is 61.4 Å². The molecule has 44 heavy (non-hydrogen) atoms. The Kier molecular flexibility index (Phi) is 7.73. The number of thioether (sulfide) groups is 1. The molecule has 228 valence electrons. The average molecular weight is 627 g/mol.